The topological polar surface area (TPSA) is 91.0 Å². The quantitative estimate of drug-likeness (QED) is 0.521. The first-order chi connectivity index (χ1) is 15.0. The highest BCUT2D eigenvalue weighted by Gasteiger charge is 2.16. The van der Waals surface area contributed by atoms with Gasteiger partial charge >= 0.3 is 0 Å². The fourth-order valence-corrected chi connectivity index (χ4v) is 3.39. The van der Waals surface area contributed by atoms with Crippen LogP contribution in [0.2, 0.25) is 0 Å². The van der Waals surface area contributed by atoms with Gasteiger partial charge in [-0.1, -0.05) is 6.07 Å². The van der Waals surface area contributed by atoms with Gasteiger partial charge in [0.1, 0.15) is 17.0 Å². The van der Waals surface area contributed by atoms with Gasteiger partial charge in [0.15, 0.2) is 0 Å². The van der Waals surface area contributed by atoms with Gasteiger partial charge in [0.2, 0.25) is 5.43 Å². The van der Waals surface area contributed by atoms with Gasteiger partial charge in [-0.05, 0) is 38.1 Å². The Morgan fingerprint density at radius 1 is 1.19 bits per heavy atom. The Labute approximate surface area is 179 Å². The minimum atomic E-state index is -0.427. The second-order valence-corrected chi connectivity index (χ2v) is 7.16. The third-order valence-corrected chi connectivity index (χ3v) is 5.05. The fraction of sp³-hybridized carbons (Fsp3) is 0.217. The lowest BCUT2D eigenvalue weighted by molar-refractivity contribution is 0.0949. The summed E-state index contributed by atoms with van der Waals surface area (Å²) in [6.07, 6.45) is 5.08. The third-order valence-electron chi connectivity index (χ3n) is 5.05. The lowest BCUT2D eigenvalue weighted by Gasteiger charge is -2.11. The maximum Gasteiger partial charge on any atom is 0.257 e. The first kappa shape index (κ1) is 20.3. The van der Waals surface area contributed by atoms with Gasteiger partial charge in [-0.3, -0.25) is 9.59 Å². The number of carbonyl (C=O) groups excluding carboxylic acids is 1. The molecule has 8 nitrogen and oxygen atoms in total. The maximum atomic E-state index is 12.9. The summed E-state index contributed by atoms with van der Waals surface area (Å²) < 4.78 is 8.77. The van der Waals surface area contributed by atoms with E-state index in [-0.39, 0.29) is 17.5 Å². The number of nitrogens with zero attached hydrogens (tertiary/aromatic N) is 4. The smallest absolute Gasteiger partial charge is 0.257 e. The van der Waals surface area contributed by atoms with Crippen molar-refractivity contribution in [1.82, 2.24) is 24.6 Å². The van der Waals surface area contributed by atoms with Gasteiger partial charge in [0.05, 0.1) is 24.4 Å². The Bertz CT molecular complexity index is 1320. The molecule has 0 spiro atoms. The Balaban J connectivity index is 1.55. The van der Waals surface area contributed by atoms with Crippen molar-refractivity contribution in [2.75, 3.05) is 7.11 Å². The highest BCUT2D eigenvalue weighted by molar-refractivity contribution is 5.96. The molecule has 0 saturated carbocycles. The Kier molecular flexibility index (Phi) is 5.53. The van der Waals surface area contributed by atoms with Gasteiger partial charge in [-0.15, -0.1) is 0 Å². The molecule has 1 amide bonds. The Morgan fingerprint density at radius 3 is 2.81 bits per heavy atom. The van der Waals surface area contributed by atoms with Crippen LogP contribution in [0.3, 0.4) is 0 Å². The van der Waals surface area contributed by atoms with E-state index in [1.807, 2.05) is 48.9 Å². The summed E-state index contributed by atoms with van der Waals surface area (Å²) in [7, 11) is 1.61. The van der Waals surface area contributed by atoms with Crippen molar-refractivity contribution >= 4 is 16.9 Å². The Hall–Kier alpha value is -3.94. The van der Waals surface area contributed by atoms with E-state index < -0.39 is 5.91 Å². The predicted octanol–water partition coefficient (Wildman–Crippen LogP) is 2.85. The normalized spacial score (nSPS) is 10.9. The van der Waals surface area contributed by atoms with E-state index >= 15 is 0 Å². The van der Waals surface area contributed by atoms with Crippen LogP contribution in [0, 0.1) is 6.92 Å². The van der Waals surface area contributed by atoms with Gasteiger partial charge in [-0.25, -0.2) is 9.67 Å². The molecule has 31 heavy (non-hydrogen) atoms. The molecule has 0 unspecified atom stereocenters. The Morgan fingerprint density at radius 2 is 2.03 bits per heavy atom. The molecule has 8 heteroatoms. The van der Waals surface area contributed by atoms with Crippen molar-refractivity contribution in [3.63, 3.8) is 0 Å². The average molecular weight is 417 g/mol. The average Bonchev–Trinajstić information content (AvgIpc) is 3.27. The molecule has 0 fully saturated rings. The first-order valence-corrected chi connectivity index (χ1v) is 9.97. The number of methoxy groups -OCH3 is 1. The number of carbonyl (C=O) groups is 1. The number of aromatic nitrogens is 4. The highest BCUT2D eigenvalue weighted by atomic mass is 16.5. The molecule has 0 bridgehead atoms. The van der Waals surface area contributed by atoms with E-state index in [4.69, 9.17) is 4.74 Å². The van der Waals surface area contributed by atoms with E-state index in [1.54, 1.807) is 36.3 Å². The summed E-state index contributed by atoms with van der Waals surface area (Å²) in [5.74, 6) is 0.305. The molecule has 0 aliphatic rings. The van der Waals surface area contributed by atoms with Crippen molar-refractivity contribution in [2.45, 2.75) is 26.9 Å². The summed E-state index contributed by atoms with van der Waals surface area (Å²) in [6, 6.07) is 11.0. The van der Waals surface area contributed by atoms with E-state index in [2.05, 4.69) is 15.4 Å². The third kappa shape index (κ3) is 4.05. The molecular weight excluding hydrogens is 394 g/mol. The summed E-state index contributed by atoms with van der Waals surface area (Å²) in [5, 5.41) is 7.60. The summed E-state index contributed by atoms with van der Waals surface area (Å²) in [6.45, 7) is 4.66. The zero-order valence-corrected chi connectivity index (χ0v) is 17.6. The summed E-state index contributed by atoms with van der Waals surface area (Å²) in [5.41, 5.74) is 2.84. The number of fused-ring (bicyclic) bond motifs is 1. The molecule has 4 aromatic rings. The van der Waals surface area contributed by atoms with Crippen LogP contribution >= 0.6 is 0 Å². The number of aryl methyl sites for hydroxylation is 2. The molecule has 3 heterocycles. The largest absolute Gasteiger partial charge is 0.497 e. The van der Waals surface area contributed by atoms with Crippen LogP contribution in [-0.2, 0) is 13.1 Å². The van der Waals surface area contributed by atoms with Crippen molar-refractivity contribution in [1.29, 1.82) is 0 Å². The number of amides is 1. The van der Waals surface area contributed by atoms with Crippen LogP contribution in [0.4, 0.5) is 0 Å². The monoisotopic (exact) mass is 417 g/mol. The second-order valence-electron chi connectivity index (χ2n) is 7.16. The number of hydrogen-bond donors (Lipinski definition) is 1. The number of ether oxygens (including phenoxy) is 1. The van der Waals surface area contributed by atoms with Gasteiger partial charge in [0.25, 0.3) is 5.91 Å². The molecular formula is C23H23N5O3. The van der Waals surface area contributed by atoms with E-state index in [0.29, 0.717) is 17.6 Å². The zero-order chi connectivity index (χ0) is 22.0. The molecule has 1 aromatic carbocycles. The number of benzene rings is 1. The van der Waals surface area contributed by atoms with Crippen LogP contribution in [0.15, 0.2) is 59.8 Å². The highest BCUT2D eigenvalue weighted by Crippen LogP contribution is 2.16. The number of nitrogens with one attached hydrogen (secondary N) is 1. The fourth-order valence-electron chi connectivity index (χ4n) is 3.39. The molecule has 1 N–H and O–H groups in total. The molecule has 0 saturated heterocycles. The van der Waals surface area contributed by atoms with E-state index in [1.165, 1.54) is 0 Å². The zero-order valence-electron chi connectivity index (χ0n) is 17.6. The van der Waals surface area contributed by atoms with E-state index in [0.717, 1.165) is 22.7 Å². The lowest BCUT2D eigenvalue weighted by atomic mass is 10.1. The van der Waals surface area contributed by atoms with Crippen LogP contribution < -0.4 is 15.5 Å². The minimum absolute atomic E-state index is 0.0974. The molecule has 158 valence electrons. The second kappa shape index (κ2) is 8.43. The van der Waals surface area contributed by atoms with Crippen LogP contribution in [0.1, 0.15) is 28.5 Å². The molecule has 0 aliphatic carbocycles. The van der Waals surface area contributed by atoms with E-state index in [9.17, 15) is 9.59 Å². The first-order valence-electron chi connectivity index (χ1n) is 9.97. The van der Waals surface area contributed by atoms with Crippen molar-refractivity contribution in [3.8, 4) is 11.4 Å². The molecule has 0 radical (unpaired) electrons. The minimum Gasteiger partial charge on any atom is -0.497 e. The van der Waals surface area contributed by atoms with Gasteiger partial charge in [0, 0.05) is 42.8 Å². The number of hydrogen-bond acceptors (Lipinski definition) is 5. The molecule has 4 rings (SSSR count). The van der Waals surface area contributed by atoms with Crippen molar-refractivity contribution < 1.29 is 9.53 Å². The number of pyridine rings is 2. The maximum absolute atomic E-state index is 12.9. The summed E-state index contributed by atoms with van der Waals surface area (Å²) in [4.78, 5) is 30.1. The molecule has 0 aliphatic heterocycles. The standard InChI is InChI=1S/C23H23N5O3/c1-4-27-14-20(21(29)19-9-8-15(2)26-22(19)27)23(30)24-11-16-12-25-28(13-16)17-6-5-7-18(10-17)31-3/h5-10,12-14H,4,11H2,1-3H3,(H,24,30). The lowest BCUT2D eigenvalue weighted by Crippen LogP contribution is -2.29. The van der Waals surface area contributed by atoms with Crippen molar-refractivity contribution in [2.24, 2.45) is 0 Å². The van der Waals surface area contributed by atoms with Gasteiger partial charge in [-0.2, -0.15) is 5.10 Å². The van der Waals surface area contributed by atoms with Crippen LogP contribution in [-0.4, -0.2) is 32.3 Å². The van der Waals surface area contributed by atoms with Crippen molar-refractivity contribution in [3.05, 3.63) is 82.0 Å². The molecule has 0 atom stereocenters. The van der Waals surface area contributed by atoms with Crippen LogP contribution in [0.25, 0.3) is 16.7 Å². The molecule has 3 aromatic heterocycles. The van der Waals surface area contributed by atoms with Gasteiger partial charge < -0.3 is 14.6 Å². The summed E-state index contributed by atoms with van der Waals surface area (Å²) >= 11 is 0. The number of rotatable bonds is 6. The SMILES string of the molecule is CCn1cc(C(=O)NCc2cnn(-c3cccc(OC)c3)c2)c(=O)c2ccc(C)nc21. The van der Waals surface area contributed by atoms with Crippen LogP contribution in [0.5, 0.6) is 5.75 Å². The predicted molar refractivity (Wildman–Crippen MR) is 118 cm³/mol.